The second kappa shape index (κ2) is 8.25. The van der Waals surface area contributed by atoms with Crippen LogP contribution >= 0.6 is 0 Å². The first-order chi connectivity index (χ1) is 17.8. The molecule has 2 fully saturated rings. The molecular weight excluding hydrogens is 472 g/mol. The largest absolute Gasteiger partial charge is 0.480 e. The van der Waals surface area contributed by atoms with Gasteiger partial charge in [-0.05, 0) is 48.9 Å². The van der Waals surface area contributed by atoms with Gasteiger partial charge in [-0.25, -0.2) is 9.69 Å². The highest BCUT2D eigenvalue weighted by Gasteiger charge is 2.70. The fourth-order valence-corrected chi connectivity index (χ4v) is 5.69. The lowest BCUT2D eigenvalue weighted by atomic mass is 9.75. The highest BCUT2D eigenvalue weighted by atomic mass is 16.4. The third-order valence-electron chi connectivity index (χ3n) is 7.41. The molecule has 3 aromatic carbocycles. The number of furan rings is 1. The van der Waals surface area contributed by atoms with E-state index in [-0.39, 0.29) is 11.5 Å². The molecule has 4 atom stereocenters. The summed E-state index contributed by atoms with van der Waals surface area (Å²) >= 11 is 0. The van der Waals surface area contributed by atoms with Crippen LogP contribution in [-0.4, -0.2) is 28.7 Å². The van der Waals surface area contributed by atoms with Crippen molar-refractivity contribution in [3.8, 4) is 0 Å². The van der Waals surface area contributed by atoms with Gasteiger partial charge in [-0.15, -0.1) is 0 Å². The molecule has 6 rings (SSSR count). The van der Waals surface area contributed by atoms with Crippen LogP contribution in [0.25, 0.3) is 11.0 Å². The second-order valence-corrected chi connectivity index (χ2v) is 9.41. The zero-order valence-corrected chi connectivity index (χ0v) is 19.8. The predicted molar refractivity (Wildman–Crippen MR) is 134 cm³/mol. The summed E-state index contributed by atoms with van der Waals surface area (Å²) in [6.45, 7) is 1.43. The summed E-state index contributed by atoms with van der Waals surface area (Å²) in [5.41, 5.74) is -0.182. The van der Waals surface area contributed by atoms with E-state index in [0.717, 1.165) is 10.3 Å². The monoisotopic (exact) mass is 494 g/mol. The molecule has 2 aliphatic heterocycles. The fourth-order valence-electron chi connectivity index (χ4n) is 5.69. The van der Waals surface area contributed by atoms with Crippen LogP contribution in [0.3, 0.4) is 0 Å². The lowest BCUT2D eigenvalue weighted by Gasteiger charge is -2.31. The Morgan fingerprint density at radius 1 is 0.919 bits per heavy atom. The average molecular weight is 495 g/mol. The first kappa shape index (κ1) is 22.9. The fraction of sp³-hybridized carbons (Fsp3) is 0.172. The van der Waals surface area contributed by atoms with Gasteiger partial charge >= 0.3 is 5.97 Å². The number of fused-ring (bicyclic) bond motifs is 2. The molecule has 0 spiro atoms. The molecule has 2 aliphatic rings. The van der Waals surface area contributed by atoms with Gasteiger partial charge in [-0.3, -0.25) is 19.7 Å². The number of carbonyl (C=O) groups excluding carboxylic acids is 3. The van der Waals surface area contributed by atoms with Gasteiger partial charge in [0, 0.05) is 10.9 Å². The summed E-state index contributed by atoms with van der Waals surface area (Å²) in [6.07, 6.45) is 0. The lowest BCUT2D eigenvalue weighted by molar-refractivity contribution is -0.149. The number of nitrogens with one attached hydrogen (secondary N) is 1. The van der Waals surface area contributed by atoms with E-state index in [1.807, 2.05) is 18.2 Å². The molecule has 37 heavy (non-hydrogen) atoms. The molecule has 8 heteroatoms. The molecule has 4 unspecified atom stereocenters. The summed E-state index contributed by atoms with van der Waals surface area (Å²) in [7, 11) is 0. The SMILES string of the molecule is CC(=O)c1ccc(N2C(=O)C3C(c4cc5ccccc5o4)NC(C(=O)O)(c4ccccc4)C3C2=O)cc1. The highest BCUT2D eigenvalue weighted by molar-refractivity contribution is 6.24. The van der Waals surface area contributed by atoms with Crippen molar-refractivity contribution in [3.63, 3.8) is 0 Å². The number of carbonyl (C=O) groups is 4. The first-order valence-electron chi connectivity index (χ1n) is 11.9. The molecule has 0 aliphatic carbocycles. The van der Waals surface area contributed by atoms with Crippen LogP contribution in [0.1, 0.15) is 34.6 Å². The third-order valence-corrected chi connectivity index (χ3v) is 7.41. The summed E-state index contributed by atoms with van der Waals surface area (Å²) in [6, 6.07) is 22.8. The molecule has 8 nitrogen and oxygen atoms in total. The number of carboxylic acid groups (broad SMARTS) is 1. The van der Waals surface area contributed by atoms with Crippen molar-refractivity contribution in [2.24, 2.45) is 11.8 Å². The van der Waals surface area contributed by atoms with Crippen molar-refractivity contribution in [2.75, 3.05) is 4.90 Å². The zero-order valence-electron chi connectivity index (χ0n) is 19.8. The van der Waals surface area contributed by atoms with Crippen LogP contribution in [-0.2, 0) is 19.9 Å². The number of anilines is 1. The topological polar surface area (TPSA) is 117 Å². The summed E-state index contributed by atoms with van der Waals surface area (Å²) in [5.74, 6) is -4.44. The standard InChI is InChI=1S/C29H22N2O6/c1-16(32)17-11-13-20(14-12-17)31-26(33)23-24(27(31)34)29(28(35)36,19-8-3-2-4-9-19)30-25(23)22-15-18-7-5-6-10-21(18)37-22/h2-15,23-25,30H,1H3,(H,35,36). The first-order valence-corrected chi connectivity index (χ1v) is 11.9. The Balaban J connectivity index is 1.53. The number of amides is 2. The van der Waals surface area contributed by atoms with E-state index in [9.17, 15) is 24.3 Å². The van der Waals surface area contributed by atoms with Crippen molar-refractivity contribution in [2.45, 2.75) is 18.5 Å². The number of rotatable bonds is 5. The van der Waals surface area contributed by atoms with Gasteiger partial charge in [0.1, 0.15) is 11.3 Å². The molecular formula is C29H22N2O6. The van der Waals surface area contributed by atoms with Gasteiger partial charge in [0.25, 0.3) is 0 Å². The number of imide groups is 1. The predicted octanol–water partition coefficient (Wildman–Crippen LogP) is 4.07. The molecule has 4 aromatic rings. The maximum Gasteiger partial charge on any atom is 0.329 e. The van der Waals surface area contributed by atoms with E-state index >= 15 is 0 Å². The molecule has 1 aromatic heterocycles. The van der Waals surface area contributed by atoms with E-state index in [4.69, 9.17) is 4.42 Å². The van der Waals surface area contributed by atoms with Gasteiger partial charge in [0.2, 0.25) is 11.8 Å². The van der Waals surface area contributed by atoms with Crippen molar-refractivity contribution < 1.29 is 28.7 Å². The van der Waals surface area contributed by atoms with E-state index in [1.54, 1.807) is 54.6 Å². The number of nitrogens with zero attached hydrogens (tertiary/aromatic N) is 1. The summed E-state index contributed by atoms with van der Waals surface area (Å²) in [4.78, 5) is 53.7. The van der Waals surface area contributed by atoms with Crippen LogP contribution in [0.4, 0.5) is 5.69 Å². The number of hydrogen-bond acceptors (Lipinski definition) is 6. The molecule has 0 saturated carbocycles. The van der Waals surface area contributed by atoms with Crippen molar-refractivity contribution >= 4 is 40.2 Å². The molecule has 2 saturated heterocycles. The molecule has 184 valence electrons. The van der Waals surface area contributed by atoms with Crippen molar-refractivity contribution in [3.05, 3.63) is 102 Å². The average Bonchev–Trinajstić information content (AvgIpc) is 3.56. The van der Waals surface area contributed by atoms with Gasteiger partial charge in [0.15, 0.2) is 11.3 Å². The normalized spacial score (nSPS) is 25.0. The van der Waals surface area contributed by atoms with Crippen LogP contribution in [0.15, 0.2) is 89.3 Å². The molecule has 2 N–H and O–H groups in total. The van der Waals surface area contributed by atoms with Crippen molar-refractivity contribution in [1.29, 1.82) is 0 Å². The smallest absolute Gasteiger partial charge is 0.329 e. The molecule has 2 amide bonds. The van der Waals surface area contributed by atoms with E-state index in [0.29, 0.717) is 22.5 Å². The number of Topliss-reactive ketones (excluding diaryl/α,β-unsaturated/α-hetero) is 1. The number of benzene rings is 3. The molecule has 3 heterocycles. The highest BCUT2D eigenvalue weighted by Crippen LogP contribution is 2.54. The van der Waals surface area contributed by atoms with E-state index in [2.05, 4.69) is 5.32 Å². The quantitative estimate of drug-likeness (QED) is 0.317. The molecule has 0 radical (unpaired) electrons. The van der Waals surface area contributed by atoms with Crippen LogP contribution in [0.2, 0.25) is 0 Å². The van der Waals surface area contributed by atoms with E-state index < -0.39 is 41.2 Å². The van der Waals surface area contributed by atoms with E-state index in [1.165, 1.54) is 19.1 Å². The van der Waals surface area contributed by atoms with Gasteiger partial charge in [-0.2, -0.15) is 0 Å². The maximum absolute atomic E-state index is 14.0. The number of hydrogen-bond donors (Lipinski definition) is 2. The van der Waals surface area contributed by atoms with Gasteiger partial charge in [0.05, 0.1) is 23.6 Å². The third kappa shape index (κ3) is 3.26. The number of carboxylic acids is 1. The summed E-state index contributed by atoms with van der Waals surface area (Å²) in [5, 5.41) is 14.6. The number of para-hydroxylation sites is 1. The Hall–Kier alpha value is -4.56. The van der Waals surface area contributed by atoms with Crippen molar-refractivity contribution in [1.82, 2.24) is 5.32 Å². The van der Waals surface area contributed by atoms with Crippen LogP contribution < -0.4 is 10.2 Å². The number of ketones is 1. The summed E-state index contributed by atoms with van der Waals surface area (Å²) < 4.78 is 6.06. The Labute approximate surface area is 211 Å². The van der Waals surface area contributed by atoms with Crippen LogP contribution in [0.5, 0.6) is 0 Å². The molecule has 0 bridgehead atoms. The Morgan fingerprint density at radius 3 is 2.24 bits per heavy atom. The Kier molecular flexibility index (Phi) is 5.10. The van der Waals surface area contributed by atoms with Crippen LogP contribution in [0, 0.1) is 11.8 Å². The number of aliphatic carboxylic acids is 1. The Morgan fingerprint density at radius 2 is 1.59 bits per heavy atom. The second-order valence-electron chi connectivity index (χ2n) is 9.41. The maximum atomic E-state index is 14.0. The lowest BCUT2D eigenvalue weighted by Crippen LogP contribution is -2.53. The zero-order chi connectivity index (χ0) is 25.9. The van der Waals surface area contributed by atoms with Gasteiger partial charge < -0.3 is 9.52 Å². The minimum Gasteiger partial charge on any atom is -0.480 e. The Bertz CT molecular complexity index is 1540. The minimum atomic E-state index is -1.86. The minimum absolute atomic E-state index is 0.148. The van der Waals surface area contributed by atoms with Gasteiger partial charge in [-0.1, -0.05) is 48.5 Å².